The molecule has 6 heteroatoms. The lowest BCUT2D eigenvalue weighted by Gasteiger charge is -2.34. The quantitative estimate of drug-likeness (QED) is 0.767. The number of unbranched alkanes of at least 4 members (excludes halogenated alkanes) is 1. The van der Waals surface area contributed by atoms with Gasteiger partial charge in [0.2, 0.25) is 5.91 Å². The largest absolute Gasteiger partial charge is 0.477 e. The van der Waals surface area contributed by atoms with E-state index in [1.54, 1.807) is 7.05 Å². The van der Waals surface area contributed by atoms with E-state index in [2.05, 4.69) is 17.6 Å². The number of hydrogen-bond donors (Lipinski definition) is 2. The SMILES string of the molecule is CCCCNC(=O)CN1CC(C(=O)NC)Oc2ccccc21. The van der Waals surface area contributed by atoms with E-state index < -0.39 is 6.10 Å². The number of likely N-dealkylation sites (N-methyl/N-ethyl adjacent to an activating group) is 1. The van der Waals surface area contributed by atoms with Gasteiger partial charge in [0.05, 0.1) is 18.8 Å². The van der Waals surface area contributed by atoms with Gasteiger partial charge in [0.25, 0.3) is 5.91 Å². The van der Waals surface area contributed by atoms with Crippen molar-refractivity contribution in [1.29, 1.82) is 0 Å². The van der Waals surface area contributed by atoms with Gasteiger partial charge in [0.15, 0.2) is 6.10 Å². The van der Waals surface area contributed by atoms with E-state index in [1.165, 1.54) is 0 Å². The van der Waals surface area contributed by atoms with Crippen molar-refractivity contribution < 1.29 is 14.3 Å². The zero-order valence-corrected chi connectivity index (χ0v) is 13.1. The molecule has 1 heterocycles. The Labute approximate surface area is 130 Å². The molecule has 1 aromatic carbocycles. The number of para-hydroxylation sites is 2. The van der Waals surface area contributed by atoms with Gasteiger partial charge in [0, 0.05) is 13.6 Å². The fraction of sp³-hybridized carbons (Fsp3) is 0.500. The van der Waals surface area contributed by atoms with Gasteiger partial charge in [-0.05, 0) is 18.6 Å². The Morgan fingerprint density at radius 1 is 1.36 bits per heavy atom. The van der Waals surface area contributed by atoms with Crippen molar-refractivity contribution in [1.82, 2.24) is 10.6 Å². The van der Waals surface area contributed by atoms with Crippen LogP contribution in [0.1, 0.15) is 19.8 Å². The first kappa shape index (κ1) is 16.1. The van der Waals surface area contributed by atoms with Crippen LogP contribution >= 0.6 is 0 Å². The maximum Gasteiger partial charge on any atom is 0.262 e. The first-order chi connectivity index (χ1) is 10.7. The number of carbonyl (C=O) groups excluding carboxylic acids is 2. The number of hydrogen-bond acceptors (Lipinski definition) is 4. The van der Waals surface area contributed by atoms with Gasteiger partial charge in [-0.15, -0.1) is 0 Å². The Morgan fingerprint density at radius 3 is 2.86 bits per heavy atom. The summed E-state index contributed by atoms with van der Waals surface area (Å²) in [6.45, 7) is 3.34. The summed E-state index contributed by atoms with van der Waals surface area (Å²) in [7, 11) is 1.58. The van der Waals surface area contributed by atoms with Crippen molar-refractivity contribution in [2.45, 2.75) is 25.9 Å². The molecule has 1 aliphatic heterocycles. The molecule has 1 aromatic rings. The number of ether oxygens (including phenoxy) is 1. The summed E-state index contributed by atoms with van der Waals surface area (Å²) in [4.78, 5) is 25.8. The number of fused-ring (bicyclic) bond motifs is 1. The normalized spacial score (nSPS) is 16.5. The molecule has 2 rings (SSSR count). The van der Waals surface area contributed by atoms with Crippen molar-refractivity contribution >= 4 is 17.5 Å². The first-order valence-electron chi connectivity index (χ1n) is 7.64. The summed E-state index contributed by atoms with van der Waals surface area (Å²) >= 11 is 0. The zero-order chi connectivity index (χ0) is 15.9. The van der Waals surface area contributed by atoms with Gasteiger partial charge in [-0.2, -0.15) is 0 Å². The van der Waals surface area contributed by atoms with Crippen LogP contribution < -0.4 is 20.3 Å². The topological polar surface area (TPSA) is 70.7 Å². The third-order valence-corrected chi connectivity index (χ3v) is 3.59. The molecule has 0 bridgehead atoms. The van der Waals surface area contributed by atoms with Crippen LogP contribution in [-0.4, -0.2) is 44.6 Å². The smallest absolute Gasteiger partial charge is 0.262 e. The molecule has 1 unspecified atom stereocenters. The molecule has 2 amide bonds. The van der Waals surface area contributed by atoms with Gasteiger partial charge >= 0.3 is 0 Å². The summed E-state index contributed by atoms with van der Waals surface area (Å²) in [5, 5.41) is 5.49. The van der Waals surface area contributed by atoms with Gasteiger partial charge in [-0.3, -0.25) is 9.59 Å². The molecule has 1 aliphatic rings. The van der Waals surface area contributed by atoms with Crippen LogP contribution in [0, 0.1) is 0 Å². The Balaban J connectivity index is 2.08. The lowest BCUT2D eigenvalue weighted by Crippen LogP contribution is -2.50. The van der Waals surface area contributed by atoms with Crippen molar-refractivity contribution in [2.75, 3.05) is 31.6 Å². The molecule has 6 nitrogen and oxygen atoms in total. The van der Waals surface area contributed by atoms with E-state index in [0.717, 1.165) is 18.5 Å². The van der Waals surface area contributed by atoms with Crippen LogP contribution in [0.2, 0.25) is 0 Å². The van der Waals surface area contributed by atoms with E-state index in [4.69, 9.17) is 4.74 Å². The van der Waals surface area contributed by atoms with Crippen LogP contribution in [0.4, 0.5) is 5.69 Å². The Bertz CT molecular complexity index is 533. The Kier molecular flexibility index (Phi) is 5.63. The maximum absolute atomic E-state index is 12.0. The lowest BCUT2D eigenvalue weighted by atomic mass is 10.1. The van der Waals surface area contributed by atoms with E-state index in [9.17, 15) is 9.59 Å². The van der Waals surface area contributed by atoms with Crippen LogP contribution in [-0.2, 0) is 9.59 Å². The highest BCUT2D eigenvalue weighted by molar-refractivity contribution is 5.86. The number of benzene rings is 1. The average molecular weight is 305 g/mol. The maximum atomic E-state index is 12.0. The highest BCUT2D eigenvalue weighted by atomic mass is 16.5. The lowest BCUT2D eigenvalue weighted by molar-refractivity contribution is -0.127. The minimum absolute atomic E-state index is 0.0409. The van der Waals surface area contributed by atoms with E-state index in [0.29, 0.717) is 18.8 Å². The number of nitrogens with one attached hydrogen (secondary N) is 2. The molecule has 0 aliphatic carbocycles. The summed E-state index contributed by atoms with van der Waals surface area (Å²) in [6.07, 6.45) is 1.40. The van der Waals surface area contributed by atoms with Crippen LogP contribution in [0.5, 0.6) is 5.75 Å². The number of anilines is 1. The second kappa shape index (κ2) is 7.68. The average Bonchev–Trinajstić information content (AvgIpc) is 2.54. The van der Waals surface area contributed by atoms with Crippen LogP contribution in [0.3, 0.4) is 0 Å². The van der Waals surface area contributed by atoms with E-state index in [-0.39, 0.29) is 18.4 Å². The Morgan fingerprint density at radius 2 is 2.14 bits per heavy atom. The van der Waals surface area contributed by atoms with Crippen molar-refractivity contribution in [3.63, 3.8) is 0 Å². The summed E-state index contributed by atoms with van der Waals surface area (Å²) < 4.78 is 5.71. The van der Waals surface area contributed by atoms with Gasteiger partial charge < -0.3 is 20.3 Å². The summed E-state index contributed by atoms with van der Waals surface area (Å²) in [5.41, 5.74) is 0.841. The fourth-order valence-corrected chi connectivity index (χ4v) is 2.39. The van der Waals surface area contributed by atoms with Crippen molar-refractivity contribution in [2.24, 2.45) is 0 Å². The molecular formula is C16H23N3O3. The molecule has 0 aromatic heterocycles. The minimum atomic E-state index is -0.608. The number of carbonyl (C=O) groups is 2. The molecular weight excluding hydrogens is 282 g/mol. The predicted molar refractivity (Wildman–Crippen MR) is 85.1 cm³/mol. The third kappa shape index (κ3) is 3.90. The fourth-order valence-electron chi connectivity index (χ4n) is 2.39. The monoisotopic (exact) mass is 305 g/mol. The second-order valence-electron chi connectivity index (χ2n) is 5.27. The number of rotatable bonds is 6. The third-order valence-electron chi connectivity index (χ3n) is 3.59. The summed E-state index contributed by atoms with van der Waals surface area (Å²) in [6, 6.07) is 7.45. The van der Waals surface area contributed by atoms with Crippen LogP contribution in [0.25, 0.3) is 0 Å². The van der Waals surface area contributed by atoms with Crippen molar-refractivity contribution in [3.05, 3.63) is 24.3 Å². The summed E-state index contributed by atoms with van der Waals surface area (Å²) in [5.74, 6) is 0.399. The molecule has 22 heavy (non-hydrogen) atoms. The molecule has 0 spiro atoms. The molecule has 1 atom stereocenters. The Hall–Kier alpha value is -2.24. The number of amides is 2. The highest BCUT2D eigenvalue weighted by Crippen LogP contribution is 2.32. The first-order valence-corrected chi connectivity index (χ1v) is 7.64. The molecule has 2 N–H and O–H groups in total. The molecule has 0 saturated carbocycles. The molecule has 0 radical (unpaired) electrons. The predicted octanol–water partition coefficient (Wildman–Crippen LogP) is 0.916. The van der Waals surface area contributed by atoms with E-state index in [1.807, 2.05) is 29.2 Å². The highest BCUT2D eigenvalue weighted by Gasteiger charge is 2.30. The van der Waals surface area contributed by atoms with Crippen LogP contribution in [0.15, 0.2) is 24.3 Å². The molecule has 0 saturated heterocycles. The van der Waals surface area contributed by atoms with Crippen molar-refractivity contribution in [3.8, 4) is 5.75 Å². The van der Waals surface area contributed by atoms with Gasteiger partial charge in [0.1, 0.15) is 5.75 Å². The standard InChI is InChI=1S/C16H23N3O3/c1-3-4-9-18-15(20)11-19-10-14(16(21)17-2)22-13-8-6-5-7-12(13)19/h5-8,14H,3-4,9-11H2,1-2H3,(H,17,21)(H,18,20). The van der Waals surface area contributed by atoms with Gasteiger partial charge in [-0.25, -0.2) is 0 Å². The zero-order valence-electron chi connectivity index (χ0n) is 13.1. The van der Waals surface area contributed by atoms with E-state index >= 15 is 0 Å². The number of nitrogens with zero attached hydrogens (tertiary/aromatic N) is 1. The second-order valence-corrected chi connectivity index (χ2v) is 5.27. The molecule has 0 fully saturated rings. The molecule has 120 valence electrons. The van der Waals surface area contributed by atoms with Gasteiger partial charge in [-0.1, -0.05) is 25.5 Å². The minimum Gasteiger partial charge on any atom is -0.477 e.